The molecule has 37 heavy (non-hydrogen) atoms. The summed E-state index contributed by atoms with van der Waals surface area (Å²) < 4.78 is 5.27. The molecule has 0 aliphatic carbocycles. The molecule has 1 atom stereocenters. The van der Waals surface area contributed by atoms with E-state index in [0.29, 0.717) is 0 Å². The van der Waals surface area contributed by atoms with Crippen LogP contribution in [0.5, 0.6) is 0 Å². The van der Waals surface area contributed by atoms with E-state index < -0.39 is 34.2 Å². The predicted octanol–water partition coefficient (Wildman–Crippen LogP) is 3.97. The molecule has 3 aromatic carbocycles. The van der Waals surface area contributed by atoms with Crippen LogP contribution in [0.15, 0.2) is 90.6 Å². The van der Waals surface area contributed by atoms with Crippen molar-refractivity contribution < 1.29 is 28.8 Å². The summed E-state index contributed by atoms with van der Waals surface area (Å²) in [6.45, 7) is 1.47. The number of nitro groups is 1. The number of ether oxygens (including phenoxy) is 1. The second kappa shape index (κ2) is 8.83. The molecule has 1 unspecified atom stereocenters. The number of carbonyl (C=O) groups is 4. The van der Waals surface area contributed by atoms with Crippen molar-refractivity contribution in [2.75, 3.05) is 11.5 Å². The first-order valence-corrected chi connectivity index (χ1v) is 11.3. The van der Waals surface area contributed by atoms with Gasteiger partial charge in [-0.2, -0.15) is 0 Å². The average molecular weight is 497 g/mol. The van der Waals surface area contributed by atoms with E-state index >= 15 is 0 Å². The van der Waals surface area contributed by atoms with Crippen molar-refractivity contribution in [1.29, 1.82) is 0 Å². The van der Waals surface area contributed by atoms with Crippen LogP contribution >= 0.6 is 0 Å². The standard InChI is InChI=1S/C27H19N3O7/c1-2-37-25(33)27-21(17-13-15-20(16-14-17)30(35)36)22(23(31)18-9-5-3-6-10-18)29(27)26(34)28(24(27)32)19-11-7-4-8-12-19/h3-16H,2H2,1H3. The van der Waals surface area contributed by atoms with Crippen LogP contribution < -0.4 is 4.90 Å². The highest BCUT2D eigenvalue weighted by Crippen LogP contribution is 2.54. The maximum absolute atomic E-state index is 14.0. The molecule has 2 aliphatic heterocycles. The number of amides is 3. The highest BCUT2D eigenvalue weighted by atomic mass is 16.6. The molecule has 0 saturated carbocycles. The molecule has 10 nitrogen and oxygen atoms in total. The Kier molecular flexibility index (Phi) is 5.63. The highest BCUT2D eigenvalue weighted by Gasteiger charge is 2.74. The lowest BCUT2D eigenvalue weighted by Gasteiger charge is -2.45. The topological polar surface area (TPSA) is 127 Å². The SMILES string of the molecule is CCOC(=O)C12C(=O)N(c3ccccc3)C(=O)N1C(C(=O)c1ccccc1)=C2c1ccc([N+](=O)[O-])cc1. The first-order valence-electron chi connectivity index (χ1n) is 11.3. The molecule has 3 aromatic rings. The van der Waals surface area contributed by atoms with Crippen LogP contribution in [0.2, 0.25) is 0 Å². The van der Waals surface area contributed by atoms with Gasteiger partial charge in [0.05, 0.1) is 17.2 Å². The number of para-hydroxylation sites is 1. The minimum absolute atomic E-state index is 0.0496. The number of rotatable bonds is 7. The van der Waals surface area contributed by atoms with Crippen molar-refractivity contribution in [3.05, 3.63) is 112 Å². The molecule has 184 valence electrons. The Labute approximate surface area is 210 Å². The lowest BCUT2D eigenvalue weighted by molar-refractivity contribution is -0.384. The molecule has 5 rings (SSSR count). The first kappa shape index (κ1) is 23.6. The number of carbonyl (C=O) groups excluding carboxylic acids is 4. The van der Waals surface area contributed by atoms with Crippen LogP contribution in [-0.2, 0) is 14.3 Å². The number of urea groups is 1. The number of hydrogen-bond acceptors (Lipinski definition) is 7. The molecule has 0 bridgehead atoms. The smallest absolute Gasteiger partial charge is 0.347 e. The molecular weight excluding hydrogens is 478 g/mol. The Morgan fingerprint density at radius 3 is 2.08 bits per heavy atom. The van der Waals surface area contributed by atoms with Crippen LogP contribution in [0.3, 0.4) is 0 Å². The maximum atomic E-state index is 14.0. The van der Waals surface area contributed by atoms with E-state index in [1.165, 1.54) is 36.4 Å². The van der Waals surface area contributed by atoms with Crippen molar-refractivity contribution in [3.8, 4) is 0 Å². The summed E-state index contributed by atoms with van der Waals surface area (Å²) in [5, 5.41) is 11.2. The van der Waals surface area contributed by atoms with Gasteiger partial charge in [0.25, 0.3) is 17.1 Å². The van der Waals surface area contributed by atoms with E-state index in [0.717, 1.165) is 9.80 Å². The third kappa shape index (κ3) is 3.33. The molecule has 2 aliphatic rings. The normalized spacial score (nSPS) is 18.4. The maximum Gasteiger partial charge on any atom is 0.347 e. The lowest BCUT2D eigenvalue weighted by Crippen LogP contribution is -2.65. The van der Waals surface area contributed by atoms with E-state index in [-0.39, 0.29) is 40.4 Å². The number of allylic oxidation sites excluding steroid dienone is 1. The minimum Gasteiger partial charge on any atom is -0.464 e. The summed E-state index contributed by atoms with van der Waals surface area (Å²) in [6.07, 6.45) is 0. The third-order valence-electron chi connectivity index (χ3n) is 6.26. The van der Waals surface area contributed by atoms with Gasteiger partial charge >= 0.3 is 12.0 Å². The molecule has 0 radical (unpaired) electrons. The van der Waals surface area contributed by atoms with Crippen molar-refractivity contribution in [2.24, 2.45) is 0 Å². The molecule has 2 heterocycles. The van der Waals surface area contributed by atoms with Gasteiger partial charge in [0.15, 0.2) is 0 Å². The zero-order valence-electron chi connectivity index (χ0n) is 19.5. The second-order valence-electron chi connectivity index (χ2n) is 8.25. The first-order chi connectivity index (χ1) is 17.8. The van der Waals surface area contributed by atoms with Gasteiger partial charge in [0, 0.05) is 23.3 Å². The Morgan fingerprint density at radius 2 is 1.51 bits per heavy atom. The predicted molar refractivity (Wildman–Crippen MR) is 131 cm³/mol. The number of Topliss-reactive ketones (excluding diaryl/α,β-unsaturated/α-hetero) is 1. The number of esters is 1. The van der Waals surface area contributed by atoms with E-state index in [1.807, 2.05) is 0 Å². The largest absolute Gasteiger partial charge is 0.464 e. The number of anilines is 1. The number of imide groups is 1. The van der Waals surface area contributed by atoms with E-state index in [1.54, 1.807) is 55.5 Å². The van der Waals surface area contributed by atoms with Crippen LogP contribution in [0, 0.1) is 10.1 Å². The average Bonchev–Trinajstić information content (AvgIpc) is 3.08. The zero-order chi connectivity index (χ0) is 26.3. The number of nitro benzene ring substituents is 1. The summed E-state index contributed by atoms with van der Waals surface area (Å²) in [5.74, 6) is -2.52. The van der Waals surface area contributed by atoms with Gasteiger partial charge < -0.3 is 4.74 Å². The van der Waals surface area contributed by atoms with E-state index in [4.69, 9.17) is 4.74 Å². The van der Waals surface area contributed by atoms with Gasteiger partial charge in [-0.25, -0.2) is 14.5 Å². The fraction of sp³-hybridized carbons (Fsp3) is 0.111. The zero-order valence-corrected chi connectivity index (χ0v) is 19.5. The van der Waals surface area contributed by atoms with Crippen LogP contribution in [-0.4, -0.2) is 45.7 Å². The minimum atomic E-state index is -2.27. The van der Waals surface area contributed by atoms with Gasteiger partial charge in [0.1, 0.15) is 5.70 Å². The van der Waals surface area contributed by atoms with Gasteiger partial charge in [-0.3, -0.25) is 24.6 Å². The fourth-order valence-electron chi connectivity index (χ4n) is 4.66. The van der Waals surface area contributed by atoms with Crippen LogP contribution in [0.4, 0.5) is 16.2 Å². The number of hydrogen-bond donors (Lipinski definition) is 0. The molecule has 0 spiro atoms. The molecular formula is C27H19N3O7. The third-order valence-corrected chi connectivity index (χ3v) is 6.26. The molecule has 10 heteroatoms. The molecule has 1 fully saturated rings. The Bertz CT molecular complexity index is 1480. The van der Waals surface area contributed by atoms with Gasteiger partial charge in [-0.1, -0.05) is 48.5 Å². The van der Waals surface area contributed by atoms with Gasteiger partial charge in [-0.15, -0.1) is 0 Å². The molecule has 3 amide bonds. The second-order valence-corrected chi connectivity index (χ2v) is 8.25. The van der Waals surface area contributed by atoms with Crippen molar-refractivity contribution >= 4 is 40.6 Å². The summed E-state index contributed by atoms with van der Waals surface area (Å²) in [7, 11) is 0. The molecule has 1 saturated heterocycles. The number of non-ortho nitro benzene ring substituents is 1. The number of nitrogens with zero attached hydrogens (tertiary/aromatic N) is 3. The van der Waals surface area contributed by atoms with Crippen LogP contribution in [0.1, 0.15) is 22.8 Å². The van der Waals surface area contributed by atoms with Gasteiger partial charge in [0.2, 0.25) is 5.78 Å². The quantitative estimate of drug-likeness (QED) is 0.121. The summed E-state index contributed by atoms with van der Waals surface area (Å²) in [6, 6.07) is 20.3. The van der Waals surface area contributed by atoms with E-state index in [9.17, 15) is 29.3 Å². The Hall–Kier alpha value is -5.12. The summed E-state index contributed by atoms with van der Waals surface area (Å²) >= 11 is 0. The van der Waals surface area contributed by atoms with Crippen LogP contribution in [0.25, 0.3) is 5.57 Å². The summed E-state index contributed by atoms with van der Waals surface area (Å²) in [4.78, 5) is 67.2. The summed E-state index contributed by atoms with van der Waals surface area (Å²) in [5.41, 5.74) is -2.07. The number of benzene rings is 3. The lowest BCUT2D eigenvalue weighted by atomic mass is 9.73. The molecule has 0 N–H and O–H groups in total. The highest BCUT2D eigenvalue weighted by molar-refractivity contribution is 6.42. The molecule has 0 aromatic heterocycles. The van der Waals surface area contributed by atoms with Crippen molar-refractivity contribution in [2.45, 2.75) is 12.5 Å². The van der Waals surface area contributed by atoms with E-state index in [2.05, 4.69) is 0 Å². The Balaban J connectivity index is 1.77. The monoisotopic (exact) mass is 497 g/mol. The van der Waals surface area contributed by atoms with Gasteiger partial charge in [-0.05, 0) is 36.8 Å². The number of fused-ring (bicyclic) bond motifs is 1. The van der Waals surface area contributed by atoms with Crippen molar-refractivity contribution in [1.82, 2.24) is 4.90 Å². The fourth-order valence-corrected chi connectivity index (χ4v) is 4.66. The number of ketones is 1. The van der Waals surface area contributed by atoms with Crippen molar-refractivity contribution in [3.63, 3.8) is 0 Å². The Morgan fingerprint density at radius 1 is 0.919 bits per heavy atom.